The maximum absolute atomic E-state index is 5.84. The summed E-state index contributed by atoms with van der Waals surface area (Å²) in [4.78, 5) is 0. The van der Waals surface area contributed by atoms with Crippen LogP contribution in [0.4, 0.5) is 0 Å². The third-order valence-electron chi connectivity index (χ3n) is 3.03. The van der Waals surface area contributed by atoms with E-state index in [4.69, 9.17) is 9.47 Å². The van der Waals surface area contributed by atoms with Crippen LogP contribution in [0.25, 0.3) is 0 Å². The first-order valence-corrected chi connectivity index (χ1v) is 7.54. The lowest BCUT2D eigenvalue weighted by Gasteiger charge is -2.16. The van der Waals surface area contributed by atoms with E-state index in [1.807, 2.05) is 0 Å². The van der Waals surface area contributed by atoms with Crippen molar-refractivity contribution in [1.29, 1.82) is 0 Å². The molecule has 1 unspecified atom stereocenters. The van der Waals surface area contributed by atoms with Crippen molar-refractivity contribution in [3.63, 3.8) is 0 Å². The van der Waals surface area contributed by atoms with Gasteiger partial charge in [0.15, 0.2) is 0 Å². The molecule has 0 aliphatic carbocycles. The second-order valence-electron chi connectivity index (χ2n) is 4.72. The second-order valence-corrected chi connectivity index (χ2v) is 4.72. The molecule has 0 rings (SSSR count). The summed E-state index contributed by atoms with van der Waals surface area (Å²) in [6.07, 6.45) is 10.0. The van der Waals surface area contributed by atoms with E-state index in [0.717, 1.165) is 32.7 Å². The first-order valence-electron chi connectivity index (χ1n) is 7.54. The Morgan fingerprint density at radius 2 is 1.41 bits per heavy atom. The van der Waals surface area contributed by atoms with Crippen LogP contribution in [0.5, 0.6) is 0 Å². The minimum absolute atomic E-state index is 0.401. The quantitative estimate of drug-likeness (QED) is 0.442. The van der Waals surface area contributed by atoms with E-state index in [1.165, 1.54) is 38.5 Å². The van der Waals surface area contributed by atoms with Gasteiger partial charge in [-0.25, -0.2) is 0 Å². The lowest BCUT2D eigenvalue weighted by molar-refractivity contribution is 0.0172. The van der Waals surface area contributed by atoms with Gasteiger partial charge in [0.05, 0.1) is 6.10 Å². The van der Waals surface area contributed by atoms with Crippen LogP contribution >= 0.6 is 0 Å². The summed E-state index contributed by atoms with van der Waals surface area (Å²) in [6, 6.07) is 0. The summed E-state index contributed by atoms with van der Waals surface area (Å²) in [7, 11) is 0. The number of unbranched alkanes of at least 4 members (excludes halogenated alkanes) is 4. The van der Waals surface area contributed by atoms with Gasteiger partial charge in [0, 0.05) is 19.8 Å². The van der Waals surface area contributed by atoms with E-state index in [9.17, 15) is 0 Å². The summed E-state index contributed by atoms with van der Waals surface area (Å²) in [5, 5.41) is 0. The minimum atomic E-state index is 0.401. The van der Waals surface area contributed by atoms with Crippen LogP contribution in [0.1, 0.15) is 72.1 Å². The van der Waals surface area contributed by atoms with Gasteiger partial charge in [-0.05, 0) is 25.7 Å². The Morgan fingerprint density at radius 1 is 0.765 bits per heavy atom. The molecule has 0 aliphatic rings. The molecule has 0 aliphatic heterocycles. The van der Waals surface area contributed by atoms with Gasteiger partial charge in [-0.3, -0.25) is 0 Å². The smallest absolute Gasteiger partial charge is 0.0594 e. The molecule has 104 valence electrons. The van der Waals surface area contributed by atoms with Crippen molar-refractivity contribution in [2.45, 2.75) is 78.2 Å². The van der Waals surface area contributed by atoms with Gasteiger partial charge in [-0.1, -0.05) is 46.5 Å². The molecule has 0 aromatic rings. The molecule has 0 amide bonds. The first-order chi connectivity index (χ1) is 8.35. The topological polar surface area (TPSA) is 18.5 Å². The maximum Gasteiger partial charge on any atom is 0.0594 e. The van der Waals surface area contributed by atoms with Gasteiger partial charge >= 0.3 is 0 Å². The molecule has 0 heterocycles. The zero-order chi connectivity index (χ0) is 12.8. The van der Waals surface area contributed by atoms with Crippen molar-refractivity contribution < 1.29 is 9.47 Å². The van der Waals surface area contributed by atoms with Gasteiger partial charge in [-0.2, -0.15) is 0 Å². The Morgan fingerprint density at radius 3 is 2.00 bits per heavy atom. The molecule has 2 heteroatoms. The average Bonchev–Trinajstić information content (AvgIpc) is 2.36. The molecule has 1 atom stereocenters. The van der Waals surface area contributed by atoms with Gasteiger partial charge in [0.1, 0.15) is 0 Å². The number of hydrogen-bond donors (Lipinski definition) is 0. The fourth-order valence-corrected chi connectivity index (χ4v) is 1.78. The van der Waals surface area contributed by atoms with Crippen molar-refractivity contribution in [2.75, 3.05) is 19.8 Å². The van der Waals surface area contributed by atoms with Crippen molar-refractivity contribution in [3.8, 4) is 0 Å². The highest BCUT2D eigenvalue weighted by Crippen LogP contribution is 2.06. The van der Waals surface area contributed by atoms with Gasteiger partial charge in [0.25, 0.3) is 0 Å². The minimum Gasteiger partial charge on any atom is -0.381 e. The lowest BCUT2D eigenvalue weighted by atomic mass is 10.2. The van der Waals surface area contributed by atoms with E-state index < -0.39 is 0 Å². The van der Waals surface area contributed by atoms with Gasteiger partial charge < -0.3 is 9.47 Å². The molecule has 0 aromatic carbocycles. The highest BCUT2D eigenvalue weighted by Gasteiger charge is 2.05. The summed E-state index contributed by atoms with van der Waals surface area (Å²) in [5.74, 6) is 0. The highest BCUT2D eigenvalue weighted by atomic mass is 16.5. The van der Waals surface area contributed by atoms with Crippen molar-refractivity contribution in [2.24, 2.45) is 0 Å². The molecule has 0 radical (unpaired) electrons. The van der Waals surface area contributed by atoms with Gasteiger partial charge in [-0.15, -0.1) is 0 Å². The Bertz CT molecular complexity index is 137. The zero-order valence-corrected chi connectivity index (χ0v) is 12.2. The van der Waals surface area contributed by atoms with Crippen molar-refractivity contribution in [1.82, 2.24) is 0 Å². The Labute approximate surface area is 108 Å². The van der Waals surface area contributed by atoms with Crippen LogP contribution in [0, 0.1) is 0 Å². The number of hydrogen-bond acceptors (Lipinski definition) is 2. The Balaban J connectivity index is 3.28. The maximum atomic E-state index is 5.84. The fourth-order valence-electron chi connectivity index (χ4n) is 1.78. The summed E-state index contributed by atoms with van der Waals surface area (Å²) < 4.78 is 11.5. The van der Waals surface area contributed by atoms with Crippen LogP contribution in [0.2, 0.25) is 0 Å². The number of ether oxygens (including phenoxy) is 2. The van der Waals surface area contributed by atoms with E-state index >= 15 is 0 Å². The average molecular weight is 244 g/mol. The summed E-state index contributed by atoms with van der Waals surface area (Å²) in [5.41, 5.74) is 0. The molecule has 0 aromatic heterocycles. The molecule has 2 nitrogen and oxygen atoms in total. The monoisotopic (exact) mass is 244 g/mol. The fraction of sp³-hybridized carbons (Fsp3) is 1.00. The van der Waals surface area contributed by atoms with E-state index in [0.29, 0.717) is 6.10 Å². The number of rotatable bonds is 13. The van der Waals surface area contributed by atoms with Crippen molar-refractivity contribution in [3.05, 3.63) is 0 Å². The predicted octanol–water partition coefficient (Wildman–Crippen LogP) is 4.57. The first kappa shape index (κ1) is 16.9. The van der Waals surface area contributed by atoms with Crippen LogP contribution in [0.15, 0.2) is 0 Å². The lowest BCUT2D eigenvalue weighted by Crippen LogP contribution is -2.15. The standard InChI is InChI=1S/C15H32O2/c1-4-7-9-12-16-14-11-15(6-3)17-13-10-8-5-2/h15H,4-14H2,1-3H3. The molecular weight excluding hydrogens is 212 g/mol. The van der Waals surface area contributed by atoms with E-state index in [-0.39, 0.29) is 0 Å². The van der Waals surface area contributed by atoms with E-state index in [1.54, 1.807) is 0 Å². The second kappa shape index (κ2) is 14.0. The molecule has 0 bridgehead atoms. The molecule has 0 fully saturated rings. The molecule has 0 N–H and O–H groups in total. The van der Waals surface area contributed by atoms with Crippen LogP contribution in [-0.4, -0.2) is 25.9 Å². The third kappa shape index (κ3) is 12.2. The van der Waals surface area contributed by atoms with E-state index in [2.05, 4.69) is 20.8 Å². The zero-order valence-electron chi connectivity index (χ0n) is 12.2. The largest absolute Gasteiger partial charge is 0.381 e. The molecule has 17 heavy (non-hydrogen) atoms. The van der Waals surface area contributed by atoms with Crippen LogP contribution < -0.4 is 0 Å². The Kier molecular flexibility index (Phi) is 13.9. The normalized spacial score (nSPS) is 12.9. The Hall–Kier alpha value is -0.0800. The van der Waals surface area contributed by atoms with Crippen molar-refractivity contribution >= 4 is 0 Å². The molecular formula is C15H32O2. The van der Waals surface area contributed by atoms with Crippen LogP contribution in [0.3, 0.4) is 0 Å². The molecule has 0 saturated carbocycles. The van der Waals surface area contributed by atoms with Crippen LogP contribution in [-0.2, 0) is 9.47 Å². The highest BCUT2D eigenvalue weighted by molar-refractivity contribution is 4.55. The molecule has 0 spiro atoms. The SMILES string of the molecule is CCCCCOCCC(CC)OCCCCC. The summed E-state index contributed by atoms with van der Waals surface area (Å²) in [6.45, 7) is 9.33. The van der Waals surface area contributed by atoms with Gasteiger partial charge in [0.2, 0.25) is 0 Å². The predicted molar refractivity (Wildman–Crippen MR) is 74.5 cm³/mol. The summed E-state index contributed by atoms with van der Waals surface area (Å²) >= 11 is 0. The third-order valence-corrected chi connectivity index (χ3v) is 3.03. The molecule has 0 saturated heterocycles.